The first-order valence-corrected chi connectivity index (χ1v) is 8.49. The number of hydrogen-bond acceptors (Lipinski definition) is 4. The summed E-state index contributed by atoms with van der Waals surface area (Å²) in [6.45, 7) is 3.42. The van der Waals surface area contributed by atoms with Crippen LogP contribution in [0.4, 0.5) is 9.80 Å². The molecule has 7 heteroatoms. The number of ether oxygens (including phenoxy) is 1. The molecule has 0 atom stereocenters. The summed E-state index contributed by atoms with van der Waals surface area (Å²) < 4.78 is 5.40. The Balaban J connectivity index is 1.71. The van der Waals surface area contributed by atoms with E-state index in [1.165, 1.54) is 11.3 Å². The van der Waals surface area contributed by atoms with E-state index in [-0.39, 0.29) is 6.03 Å². The van der Waals surface area contributed by atoms with Crippen molar-refractivity contribution in [1.29, 1.82) is 0 Å². The summed E-state index contributed by atoms with van der Waals surface area (Å²) in [4.78, 5) is 24.9. The van der Waals surface area contributed by atoms with Gasteiger partial charge in [-0.05, 0) is 30.0 Å². The van der Waals surface area contributed by atoms with Crippen LogP contribution in [-0.2, 0) is 24.3 Å². The summed E-state index contributed by atoms with van der Waals surface area (Å²) in [6.07, 6.45) is 0.636. The second-order valence-electron chi connectivity index (χ2n) is 5.61. The zero-order valence-corrected chi connectivity index (χ0v) is 14.2. The lowest BCUT2D eigenvalue weighted by Crippen LogP contribution is -2.29. The quantitative estimate of drug-likeness (QED) is 0.795. The van der Waals surface area contributed by atoms with E-state index in [4.69, 9.17) is 10.5 Å². The van der Waals surface area contributed by atoms with Crippen LogP contribution in [0.5, 0.6) is 0 Å². The van der Waals surface area contributed by atoms with Gasteiger partial charge in [0.05, 0.1) is 18.8 Å². The van der Waals surface area contributed by atoms with Gasteiger partial charge in [0, 0.05) is 11.4 Å². The molecule has 0 aliphatic carbocycles. The molecule has 1 aliphatic heterocycles. The predicted octanol–water partition coefficient (Wildman–Crippen LogP) is 2.55. The van der Waals surface area contributed by atoms with Gasteiger partial charge in [-0.15, -0.1) is 11.3 Å². The van der Waals surface area contributed by atoms with E-state index >= 15 is 0 Å². The zero-order chi connectivity index (χ0) is 17.1. The Kier molecular flexibility index (Phi) is 4.82. The van der Waals surface area contributed by atoms with E-state index in [0.29, 0.717) is 36.7 Å². The van der Waals surface area contributed by atoms with E-state index in [9.17, 15) is 9.59 Å². The van der Waals surface area contributed by atoms with Gasteiger partial charge in [0.15, 0.2) is 0 Å². The number of nitrogens with one attached hydrogen (secondary N) is 2. The van der Waals surface area contributed by atoms with Crippen LogP contribution in [-0.4, -0.2) is 18.5 Å². The van der Waals surface area contributed by atoms with Crippen LogP contribution in [0.2, 0.25) is 0 Å². The van der Waals surface area contributed by atoms with Gasteiger partial charge in [-0.25, -0.2) is 4.79 Å². The van der Waals surface area contributed by atoms with Crippen molar-refractivity contribution in [2.45, 2.75) is 26.5 Å². The molecule has 3 amide bonds. The maximum absolute atomic E-state index is 12.2. The Morgan fingerprint density at radius 3 is 2.88 bits per heavy atom. The number of thiophene rings is 1. The highest BCUT2D eigenvalue weighted by atomic mass is 32.1. The molecule has 0 spiro atoms. The largest absolute Gasteiger partial charge is 0.376 e. The number of anilines is 1. The molecular formula is C17H19N3O3S. The average Bonchev–Trinajstić information content (AvgIpc) is 2.92. The van der Waals surface area contributed by atoms with Crippen LogP contribution in [0, 0.1) is 6.92 Å². The van der Waals surface area contributed by atoms with Crippen LogP contribution in [0.25, 0.3) is 0 Å². The highest BCUT2D eigenvalue weighted by Gasteiger charge is 2.25. The number of benzene rings is 1. The fourth-order valence-electron chi connectivity index (χ4n) is 2.71. The van der Waals surface area contributed by atoms with Crippen LogP contribution in [0.15, 0.2) is 24.3 Å². The Morgan fingerprint density at radius 1 is 1.33 bits per heavy atom. The van der Waals surface area contributed by atoms with Crippen LogP contribution >= 0.6 is 11.3 Å². The maximum atomic E-state index is 12.2. The molecule has 24 heavy (non-hydrogen) atoms. The van der Waals surface area contributed by atoms with Crippen molar-refractivity contribution in [2.75, 3.05) is 11.9 Å². The number of rotatable bonds is 4. The van der Waals surface area contributed by atoms with Crippen molar-refractivity contribution in [3.05, 3.63) is 51.4 Å². The molecule has 0 radical (unpaired) electrons. The molecular weight excluding hydrogens is 326 g/mol. The van der Waals surface area contributed by atoms with Crippen LogP contribution in [0.1, 0.15) is 31.9 Å². The number of amides is 3. The number of nitrogens with two attached hydrogens (primary N) is 1. The second-order valence-corrected chi connectivity index (χ2v) is 6.71. The fourth-order valence-corrected chi connectivity index (χ4v) is 3.90. The predicted molar refractivity (Wildman–Crippen MR) is 93.2 cm³/mol. The molecule has 0 unspecified atom stereocenters. The minimum absolute atomic E-state index is 0.361. The van der Waals surface area contributed by atoms with Crippen LogP contribution in [0.3, 0.4) is 0 Å². The molecule has 3 rings (SSSR count). The first-order chi connectivity index (χ1) is 11.6. The minimum atomic E-state index is -0.524. The number of urea groups is 1. The lowest BCUT2D eigenvalue weighted by molar-refractivity contribution is 0.0991. The molecule has 1 aromatic heterocycles. The van der Waals surface area contributed by atoms with E-state index in [2.05, 4.69) is 10.6 Å². The van der Waals surface area contributed by atoms with Gasteiger partial charge >= 0.3 is 6.03 Å². The standard InChI is InChI=1S/C17H19N3O3S/c1-10-4-2-3-5-11(10)8-19-17(22)20-16-14(15(18)21)12-6-7-23-9-13(12)24-16/h2-5H,6-9H2,1H3,(H2,18,21)(H2,19,20,22). The molecule has 1 aromatic carbocycles. The second kappa shape index (κ2) is 7.02. The van der Waals surface area contributed by atoms with E-state index in [1.54, 1.807) is 0 Å². The Hall–Kier alpha value is -2.38. The number of hydrogen-bond donors (Lipinski definition) is 3. The topological polar surface area (TPSA) is 93.5 Å². The van der Waals surface area contributed by atoms with E-state index in [1.807, 2.05) is 31.2 Å². The lowest BCUT2D eigenvalue weighted by atomic mass is 10.1. The molecule has 2 aromatic rings. The molecule has 0 saturated heterocycles. The first-order valence-electron chi connectivity index (χ1n) is 7.67. The highest BCUT2D eigenvalue weighted by Crippen LogP contribution is 2.36. The van der Waals surface area contributed by atoms with Gasteiger partial charge in [0.25, 0.3) is 5.91 Å². The molecule has 0 bridgehead atoms. The summed E-state index contributed by atoms with van der Waals surface area (Å²) in [6, 6.07) is 7.48. The summed E-state index contributed by atoms with van der Waals surface area (Å²) in [5.74, 6) is -0.524. The lowest BCUT2D eigenvalue weighted by Gasteiger charge is -2.12. The number of carbonyl (C=O) groups excluding carboxylic acids is 2. The van der Waals surface area contributed by atoms with Crippen molar-refractivity contribution in [1.82, 2.24) is 5.32 Å². The molecule has 4 N–H and O–H groups in total. The molecule has 0 saturated carbocycles. The van der Waals surface area contributed by atoms with Crippen molar-refractivity contribution in [2.24, 2.45) is 5.73 Å². The molecule has 2 heterocycles. The first kappa shape index (κ1) is 16.5. The van der Waals surface area contributed by atoms with E-state index < -0.39 is 5.91 Å². The smallest absolute Gasteiger partial charge is 0.320 e. The average molecular weight is 345 g/mol. The van der Waals surface area contributed by atoms with Gasteiger partial charge in [-0.2, -0.15) is 0 Å². The number of carbonyl (C=O) groups is 2. The minimum Gasteiger partial charge on any atom is -0.376 e. The molecule has 126 valence electrons. The molecule has 0 fully saturated rings. The zero-order valence-electron chi connectivity index (χ0n) is 13.3. The summed E-state index contributed by atoms with van der Waals surface area (Å²) in [5, 5.41) is 6.05. The SMILES string of the molecule is Cc1ccccc1CNC(=O)Nc1sc2c(c1C(N)=O)CCOC2. The van der Waals surface area contributed by atoms with Crippen molar-refractivity contribution >= 4 is 28.3 Å². The number of fused-ring (bicyclic) bond motifs is 1. The normalized spacial score (nSPS) is 13.2. The summed E-state index contributed by atoms with van der Waals surface area (Å²) in [7, 11) is 0. The Bertz CT molecular complexity index is 785. The van der Waals surface area contributed by atoms with Crippen molar-refractivity contribution in [3.8, 4) is 0 Å². The van der Waals surface area contributed by atoms with Crippen molar-refractivity contribution in [3.63, 3.8) is 0 Å². The summed E-state index contributed by atoms with van der Waals surface area (Å²) >= 11 is 1.35. The van der Waals surface area contributed by atoms with Gasteiger partial charge in [-0.3, -0.25) is 10.1 Å². The summed E-state index contributed by atoms with van der Waals surface area (Å²) in [5.41, 5.74) is 8.96. The maximum Gasteiger partial charge on any atom is 0.320 e. The fraction of sp³-hybridized carbons (Fsp3) is 0.294. The molecule has 1 aliphatic rings. The Labute approximate surface area is 144 Å². The third-order valence-corrected chi connectivity index (χ3v) is 5.12. The Morgan fingerprint density at radius 2 is 2.12 bits per heavy atom. The number of primary amides is 1. The van der Waals surface area contributed by atoms with Gasteiger partial charge in [0.2, 0.25) is 0 Å². The van der Waals surface area contributed by atoms with E-state index in [0.717, 1.165) is 21.6 Å². The van der Waals surface area contributed by atoms with Crippen LogP contribution < -0.4 is 16.4 Å². The third-order valence-electron chi connectivity index (χ3n) is 3.99. The van der Waals surface area contributed by atoms with Crippen molar-refractivity contribution < 1.29 is 14.3 Å². The van der Waals surface area contributed by atoms with Gasteiger partial charge < -0.3 is 15.8 Å². The van der Waals surface area contributed by atoms with Gasteiger partial charge in [0.1, 0.15) is 5.00 Å². The molecule has 6 nitrogen and oxygen atoms in total. The highest BCUT2D eigenvalue weighted by molar-refractivity contribution is 7.17. The third kappa shape index (κ3) is 3.42. The van der Waals surface area contributed by atoms with Gasteiger partial charge in [-0.1, -0.05) is 24.3 Å². The monoisotopic (exact) mass is 345 g/mol. The number of aryl methyl sites for hydroxylation is 1.